The summed E-state index contributed by atoms with van der Waals surface area (Å²) in [4.78, 5) is 26.0. The summed E-state index contributed by atoms with van der Waals surface area (Å²) in [5.41, 5.74) is 0. The van der Waals surface area contributed by atoms with E-state index in [0.29, 0.717) is 18.9 Å². The van der Waals surface area contributed by atoms with Gasteiger partial charge in [-0.3, -0.25) is 4.79 Å². The van der Waals surface area contributed by atoms with Crippen molar-refractivity contribution in [3.8, 4) is 0 Å². The van der Waals surface area contributed by atoms with Crippen molar-refractivity contribution in [2.24, 2.45) is 5.92 Å². The third kappa shape index (κ3) is 4.24. The Morgan fingerprint density at radius 1 is 1.47 bits per heavy atom. The number of carboxylic acid groups (broad SMARTS) is 1. The topological polar surface area (TPSA) is 60.9 Å². The summed E-state index contributed by atoms with van der Waals surface area (Å²) in [6, 6.07) is 0.0738. The smallest absolute Gasteiger partial charge is 0.319 e. The highest BCUT2D eigenvalue weighted by molar-refractivity contribution is 5.74. The van der Waals surface area contributed by atoms with E-state index in [2.05, 4.69) is 0 Å². The first-order valence-electron chi connectivity index (χ1n) is 6.26. The summed E-state index contributed by atoms with van der Waals surface area (Å²) >= 11 is 0. The Kier molecular flexibility index (Phi) is 5.25. The summed E-state index contributed by atoms with van der Waals surface area (Å²) in [5, 5.41) is 8.62. The number of carbonyl (C=O) groups is 2. The molecule has 1 fully saturated rings. The molecule has 1 rings (SSSR count). The van der Waals surface area contributed by atoms with Gasteiger partial charge in [-0.15, -0.1) is 0 Å². The molecule has 98 valence electrons. The second kappa shape index (κ2) is 6.47. The third-order valence-electron chi connectivity index (χ3n) is 3.21. The van der Waals surface area contributed by atoms with Crippen LogP contribution in [0.1, 0.15) is 32.6 Å². The van der Waals surface area contributed by atoms with Crippen LogP contribution in [0.3, 0.4) is 0 Å². The molecule has 0 aromatic heterocycles. The molecule has 0 bridgehead atoms. The van der Waals surface area contributed by atoms with Crippen molar-refractivity contribution in [1.82, 2.24) is 9.80 Å². The molecule has 0 spiro atoms. The van der Waals surface area contributed by atoms with Gasteiger partial charge in [0.15, 0.2) is 0 Å². The van der Waals surface area contributed by atoms with Crippen LogP contribution < -0.4 is 0 Å². The minimum atomic E-state index is -0.752. The highest BCUT2D eigenvalue weighted by atomic mass is 16.4. The molecular weight excluding hydrogens is 220 g/mol. The fourth-order valence-corrected chi connectivity index (χ4v) is 2.24. The van der Waals surface area contributed by atoms with Crippen LogP contribution in [0.4, 0.5) is 4.79 Å². The Morgan fingerprint density at radius 2 is 2.18 bits per heavy atom. The van der Waals surface area contributed by atoms with E-state index >= 15 is 0 Å². The summed E-state index contributed by atoms with van der Waals surface area (Å²) in [6.07, 6.45) is 2.77. The highest BCUT2D eigenvalue weighted by Gasteiger charge is 2.27. The van der Waals surface area contributed by atoms with E-state index in [-0.39, 0.29) is 12.5 Å². The standard InChI is InChI=1S/C12H22N2O3/c1-3-7-13(2)12(17)14-8-6-10(9-14)4-5-11(15)16/h10H,3-9H2,1-2H3,(H,15,16). The lowest BCUT2D eigenvalue weighted by atomic mass is 10.0. The molecule has 1 unspecified atom stereocenters. The van der Waals surface area contributed by atoms with Crippen LogP contribution in [0.25, 0.3) is 0 Å². The van der Waals surface area contributed by atoms with Gasteiger partial charge < -0.3 is 14.9 Å². The lowest BCUT2D eigenvalue weighted by molar-refractivity contribution is -0.137. The lowest BCUT2D eigenvalue weighted by Crippen LogP contribution is -2.40. The number of urea groups is 1. The fraction of sp³-hybridized carbons (Fsp3) is 0.833. The molecule has 0 radical (unpaired) electrons. The molecule has 1 aliphatic rings. The van der Waals surface area contributed by atoms with Crippen molar-refractivity contribution in [2.45, 2.75) is 32.6 Å². The molecule has 1 aliphatic heterocycles. The molecule has 2 amide bonds. The molecule has 0 aliphatic carbocycles. The molecule has 5 nitrogen and oxygen atoms in total. The maximum absolute atomic E-state index is 12.0. The molecule has 1 N–H and O–H groups in total. The molecule has 17 heavy (non-hydrogen) atoms. The molecule has 1 saturated heterocycles. The number of amides is 2. The number of aliphatic carboxylic acids is 1. The Hall–Kier alpha value is -1.26. The average Bonchev–Trinajstić information content (AvgIpc) is 2.74. The SMILES string of the molecule is CCCN(C)C(=O)N1CCC(CCC(=O)O)C1. The molecule has 5 heteroatoms. The van der Waals surface area contributed by atoms with Crippen molar-refractivity contribution in [3.63, 3.8) is 0 Å². The van der Waals surface area contributed by atoms with Crippen LogP contribution in [0.2, 0.25) is 0 Å². The first-order chi connectivity index (χ1) is 8.04. The van der Waals surface area contributed by atoms with Gasteiger partial charge in [-0.25, -0.2) is 4.79 Å². The average molecular weight is 242 g/mol. The van der Waals surface area contributed by atoms with Crippen molar-refractivity contribution < 1.29 is 14.7 Å². The number of hydrogen-bond donors (Lipinski definition) is 1. The number of rotatable bonds is 5. The Bertz CT molecular complexity index is 281. The van der Waals surface area contributed by atoms with Gasteiger partial charge in [0.2, 0.25) is 0 Å². The maximum atomic E-state index is 12.0. The van der Waals surface area contributed by atoms with Crippen LogP contribution in [0, 0.1) is 5.92 Å². The zero-order chi connectivity index (χ0) is 12.8. The van der Waals surface area contributed by atoms with Crippen molar-refractivity contribution >= 4 is 12.0 Å². The number of likely N-dealkylation sites (tertiary alicyclic amines) is 1. The number of carboxylic acids is 1. The van der Waals surface area contributed by atoms with Gasteiger partial charge in [0.05, 0.1) is 0 Å². The molecule has 0 aromatic carbocycles. The van der Waals surface area contributed by atoms with Gasteiger partial charge in [-0.05, 0) is 25.2 Å². The van der Waals surface area contributed by atoms with Gasteiger partial charge in [0.25, 0.3) is 0 Å². The first kappa shape index (κ1) is 13.8. The Balaban J connectivity index is 2.34. The minimum absolute atomic E-state index is 0.0738. The second-order valence-corrected chi connectivity index (χ2v) is 4.74. The monoisotopic (exact) mass is 242 g/mol. The number of carbonyl (C=O) groups excluding carboxylic acids is 1. The molecule has 1 heterocycles. The second-order valence-electron chi connectivity index (χ2n) is 4.74. The molecule has 0 aromatic rings. The van der Waals surface area contributed by atoms with Crippen LogP contribution in [-0.4, -0.2) is 53.6 Å². The lowest BCUT2D eigenvalue weighted by Gasteiger charge is -2.24. The van der Waals surface area contributed by atoms with Crippen molar-refractivity contribution in [3.05, 3.63) is 0 Å². The van der Waals surface area contributed by atoms with E-state index in [1.807, 2.05) is 18.9 Å². The van der Waals surface area contributed by atoms with Crippen LogP contribution in [0.5, 0.6) is 0 Å². The van der Waals surface area contributed by atoms with Gasteiger partial charge in [-0.2, -0.15) is 0 Å². The van der Waals surface area contributed by atoms with E-state index in [1.165, 1.54) is 0 Å². The van der Waals surface area contributed by atoms with E-state index in [1.54, 1.807) is 4.90 Å². The highest BCUT2D eigenvalue weighted by Crippen LogP contribution is 2.21. The zero-order valence-electron chi connectivity index (χ0n) is 10.7. The van der Waals surface area contributed by atoms with E-state index in [9.17, 15) is 9.59 Å². The summed E-state index contributed by atoms with van der Waals surface area (Å²) in [6.45, 7) is 4.29. The Labute approximate surface area is 102 Å². The molecular formula is C12H22N2O3. The van der Waals surface area contributed by atoms with E-state index in [4.69, 9.17) is 5.11 Å². The van der Waals surface area contributed by atoms with Gasteiger partial charge >= 0.3 is 12.0 Å². The van der Waals surface area contributed by atoms with Crippen LogP contribution >= 0.6 is 0 Å². The maximum Gasteiger partial charge on any atom is 0.319 e. The number of nitrogens with zero attached hydrogens (tertiary/aromatic N) is 2. The zero-order valence-corrected chi connectivity index (χ0v) is 10.7. The molecule has 0 saturated carbocycles. The van der Waals surface area contributed by atoms with Crippen molar-refractivity contribution in [1.29, 1.82) is 0 Å². The summed E-state index contributed by atoms with van der Waals surface area (Å²) in [7, 11) is 1.82. The summed E-state index contributed by atoms with van der Waals surface area (Å²) < 4.78 is 0. The minimum Gasteiger partial charge on any atom is -0.481 e. The third-order valence-corrected chi connectivity index (χ3v) is 3.21. The van der Waals surface area contributed by atoms with Gasteiger partial charge in [0, 0.05) is 33.1 Å². The Morgan fingerprint density at radius 3 is 2.76 bits per heavy atom. The normalized spacial score (nSPS) is 19.4. The van der Waals surface area contributed by atoms with E-state index < -0.39 is 5.97 Å². The summed E-state index contributed by atoms with van der Waals surface area (Å²) in [5.74, 6) is -0.400. The number of hydrogen-bond acceptors (Lipinski definition) is 2. The molecule has 1 atom stereocenters. The van der Waals surface area contributed by atoms with Gasteiger partial charge in [-0.1, -0.05) is 6.92 Å². The first-order valence-corrected chi connectivity index (χ1v) is 6.26. The van der Waals surface area contributed by atoms with E-state index in [0.717, 1.165) is 25.9 Å². The quantitative estimate of drug-likeness (QED) is 0.797. The van der Waals surface area contributed by atoms with Crippen LogP contribution in [0.15, 0.2) is 0 Å². The predicted octanol–water partition coefficient (Wildman–Crippen LogP) is 1.63. The van der Waals surface area contributed by atoms with Gasteiger partial charge in [0.1, 0.15) is 0 Å². The van der Waals surface area contributed by atoms with Crippen LogP contribution in [-0.2, 0) is 4.79 Å². The fourth-order valence-electron chi connectivity index (χ4n) is 2.24. The predicted molar refractivity (Wildman–Crippen MR) is 64.9 cm³/mol. The van der Waals surface area contributed by atoms with Crippen molar-refractivity contribution in [2.75, 3.05) is 26.7 Å². The largest absolute Gasteiger partial charge is 0.481 e.